The second-order valence-corrected chi connectivity index (χ2v) is 10.2. The molecule has 2 unspecified atom stereocenters. The number of carbonyl (C=O) groups is 1. The van der Waals surface area contributed by atoms with Crippen molar-refractivity contribution >= 4 is 23.1 Å². The molecule has 0 aliphatic heterocycles. The fraction of sp³-hybridized carbons (Fsp3) is 0.444. The zero-order chi connectivity index (χ0) is 21.8. The van der Waals surface area contributed by atoms with E-state index in [1.54, 1.807) is 0 Å². The summed E-state index contributed by atoms with van der Waals surface area (Å²) >= 11 is 1.85. The van der Waals surface area contributed by atoms with E-state index in [1.807, 2.05) is 11.8 Å². The van der Waals surface area contributed by atoms with Crippen LogP contribution in [-0.4, -0.2) is 16.1 Å². The topological polar surface area (TPSA) is 37.3 Å². The molecule has 2 atom stereocenters. The van der Waals surface area contributed by atoms with Crippen molar-refractivity contribution in [2.75, 3.05) is 0 Å². The summed E-state index contributed by atoms with van der Waals surface area (Å²) in [4.78, 5) is 14.4. The number of thioether (sulfide) groups is 1. The van der Waals surface area contributed by atoms with E-state index < -0.39 is 0 Å². The lowest BCUT2D eigenvalue weighted by Crippen LogP contribution is -2.22. The monoisotopic (exact) mass is 422 g/mol. The molecule has 2 aromatic rings. The summed E-state index contributed by atoms with van der Waals surface area (Å²) in [6.07, 6.45) is 3.78. The Morgan fingerprint density at radius 3 is 2.13 bits per heavy atom. The molecule has 0 radical (unpaired) electrons. The third-order valence-electron chi connectivity index (χ3n) is 6.00. The average molecular weight is 423 g/mol. The molecule has 3 heteroatoms. The number of allylic oxidation sites excluding steroid dienone is 2. The third-order valence-corrected chi connectivity index (χ3v) is 7.14. The number of carbonyl (C=O) groups excluding carboxylic acids is 1. The van der Waals surface area contributed by atoms with Crippen LogP contribution in [0.3, 0.4) is 0 Å². The lowest BCUT2D eigenvalue weighted by Gasteiger charge is -2.27. The van der Waals surface area contributed by atoms with E-state index in [-0.39, 0.29) is 17.5 Å². The van der Waals surface area contributed by atoms with Gasteiger partial charge in [-0.15, -0.1) is 11.8 Å². The average Bonchev–Trinajstić information content (AvgIpc) is 2.69. The summed E-state index contributed by atoms with van der Waals surface area (Å²) in [5, 5.41) is 11.4. The lowest BCUT2D eigenvalue weighted by molar-refractivity contribution is -0.115. The van der Waals surface area contributed by atoms with Gasteiger partial charge in [-0.3, -0.25) is 4.79 Å². The van der Waals surface area contributed by atoms with Crippen LogP contribution in [0, 0.1) is 19.8 Å². The quantitative estimate of drug-likeness (QED) is 0.478. The zero-order valence-corrected chi connectivity index (χ0v) is 19.7. The minimum absolute atomic E-state index is 0.101. The normalized spacial score (nSPS) is 18.0. The minimum atomic E-state index is 0.101. The van der Waals surface area contributed by atoms with Gasteiger partial charge in [0, 0.05) is 23.0 Å². The van der Waals surface area contributed by atoms with Crippen LogP contribution in [-0.2, 0) is 17.6 Å². The fourth-order valence-corrected chi connectivity index (χ4v) is 5.74. The van der Waals surface area contributed by atoms with E-state index in [0.717, 1.165) is 24.8 Å². The molecule has 160 valence electrons. The Morgan fingerprint density at radius 1 is 1.00 bits per heavy atom. The van der Waals surface area contributed by atoms with E-state index in [4.69, 9.17) is 0 Å². The van der Waals surface area contributed by atoms with Gasteiger partial charge in [-0.05, 0) is 67.9 Å². The molecule has 1 N–H and O–H groups in total. The second-order valence-electron chi connectivity index (χ2n) is 8.66. The number of ketones is 1. The van der Waals surface area contributed by atoms with E-state index >= 15 is 0 Å². The van der Waals surface area contributed by atoms with E-state index in [0.29, 0.717) is 23.7 Å². The van der Waals surface area contributed by atoms with Gasteiger partial charge in [0.15, 0.2) is 5.78 Å². The Morgan fingerprint density at radius 2 is 1.60 bits per heavy atom. The Labute approximate surface area is 185 Å². The number of hydrogen-bond acceptors (Lipinski definition) is 3. The van der Waals surface area contributed by atoms with Gasteiger partial charge in [-0.1, -0.05) is 56.2 Å². The van der Waals surface area contributed by atoms with Gasteiger partial charge in [-0.2, -0.15) is 0 Å². The van der Waals surface area contributed by atoms with Crippen LogP contribution in [0.15, 0.2) is 47.1 Å². The van der Waals surface area contributed by atoms with Crippen LogP contribution in [0.25, 0.3) is 5.57 Å². The standard InChI is InChI=1S/C27H34O2S/c1-6-21-12-18(4)13-22(7-2)26(21)27-24(28)15-20(16-25(27)29)14-19(5)30-23-10-8-17(3)9-11-23/h8-13,19-20,28H,6-7,14-16H2,1-5H3. The molecular formula is C27H34O2S. The summed E-state index contributed by atoms with van der Waals surface area (Å²) in [5.74, 6) is 0.594. The van der Waals surface area contributed by atoms with Crippen molar-refractivity contribution in [2.45, 2.75) is 76.9 Å². The molecule has 0 bridgehead atoms. The maximum Gasteiger partial charge on any atom is 0.167 e. The Bertz CT molecular complexity index is 915. The van der Waals surface area contributed by atoms with Crippen LogP contribution in [0.5, 0.6) is 0 Å². The maximum atomic E-state index is 13.2. The molecule has 0 spiro atoms. The lowest BCUT2D eigenvalue weighted by atomic mass is 9.79. The first-order valence-corrected chi connectivity index (χ1v) is 12.0. The van der Waals surface area contributed by atoms with E-state index in [1.165, 1.54) is 27.1 Å². The first kappa shape index (κ1) is 22.7. The summed E-state index contributed by atoms with van der Waals surface area (Å²) in [5.41, 5.74) is 6.40. The molecule has 30 heavy (non-hydrogen) atoms. The van der Waals surface area contributed by atoms with Crippen molar-refractivity contribution in [1.29, 1.82) is 0 Å². The molecule has 1 aliphatic rings. The molecule has 0 amide bonds. The van der Waals surface area contributed by atoms with Crippen LogP contribution in [0.1, 0.15) is 67.9 Å². The number of aryl methyl sites for hydroxylation is 4. The predicted octanol–water partition coefficient (Wildman–Crippen LogP) is 7.25. The van der Waals surface area contributed by atoms with Crippen molar-refractivity contribution in [3.63, 3.8) is 0 Å². The summed E-state index contributed by atoms with van der Waals surface area (Å²) in [7, 11) is 0. The second kappa shape index (κ2) is 9.87. The molecule has 0 heterocycles. The Balaban J connectivity index is 1.79. The fourth-order valence-electron chi connectivity index (χ4n) is 4.61. The van der Waals surface area contributed by atoms with E-state index in [9.17, 15) is 9.90 Å². The van der Waals surface area contributed by atoms with E-state index in [2.05, 4.69) is 71.0 Å². The van der Waals surface area contributed by atoms with Crippen molar-refractivity contribution in [3.8, 4) is 0 Å². The molecule has 2 nitrogen and oxygen atoms in total. The SMILES string of the molecule is CCc1cc(C)cc(CC)c1C1=C(O)CC(CC(C)Sc2ccc(C)cc2)CC1=O. The number of hydrogen-bond donors (Lipinski definition) is 1. The summed E-state index contributed by atoms with van der Waals surface area (Å²) < 4.78 is 0. The van der Waals surface area contributed by atoms with Crippen LogP contribution in [0.2, 0.25) is 0 Å². The van der Waals surface area contributed by atoms with Gasteiger partial charge in [0.1, 0.15) is 5.76 Å². The summed E-state index contributed by atoms with van der Waals surface area (Å²) in [6.45, 7) is 10.7. The number of benzene rings is 2. The van der Waals surface area contributed by atoms with Gasteiger partial charge in [0.25, 0.3) is 0 Å². The first-order chi connectivity index (χ1) is 14.3. The van der Waals surface area contributed by atoms with Crippen molar-refractivity contribution in [2.24, 2.45) is 5.92 Å². The molecule has 0 aromatic heterocycles. The number of aliphatic hydroxyl groups is 1. The molecule has 0 fully saturated rings. The molecule has 2 aromatic carbocycles. The zero-order valence-electron chi connectivity index (χ0n) is 18.9. The van der Waals surface area contributed by atoms with Gasteiger partial charge >= 0.3 is 0 Å². The Hall–Kier alpha value is -2.00. The van der Waals surface area contributed by atoms with Gasteiger partial charge in [-0.25, -0.2) is 0 Å². The number of rotatable bonds is 7. The third kappa shape index (κ3) is 5.18. The first-order valence-electron chi connectivity index (χ1n) is 11.1. The number of Topliss-reactive ketones (excluding diaryl/α,β-unsaturated/α-hetero) is 1. The van der Waals surface area contributed by atoms with Crippen LogP contribution >= 0.6 is 11.8 Å². The minimum Gasteiger partial charge on any atom is -0.512 e. The van der Waals surface area contributed by atoms with Gasteiger partial charge in [0.2, 0.25) is 0 Å². The van der Waals surface area contributed by atoms with Gasteiger partial charge < -0.3 is 5.11 Å². The van der Waals surface area contributed by atoms with Crippen molar-refractivity contribution in [3.05, 3.63) is 70.0 Å². The molecule has 0 saturated heterocycles. The highest BCUT2D eigenvalue weighted by molar-refractivity contribution is 7.99. The largest absolute Gasteiger partial charge is 0.512 e. The highest BCUT2D eigenvalue weighted by Crippen LogP contribution is 2.39. The Kier molecular flexibility index (Phi) is 7.46. The predicted molar refractivity (Wildman–Crippen MR) is 128 cm³/mol. The van der Waals surface area contributed by atoms with Crippen LogP contribution in [0.4, 0.5) is 0 Å². The van der Waals surface area contributed by atoms with Crippen LogP contribution < -0.4 is 0 Å². The van der Waals surface area contributed by atoms with Crippen molar-refractivity contribution < 1.29 is 9.90 Å². The molecular weight excluding hydrogens is 388 g/mol. The van der Waals surface area contributed by atoms with Crippen molar-refractivity contribution in [1.82, 2.24) is 0 Å². The highest BCUT2D eigenvalue weighted by Gasteiger charge is 2.31. The van der Waals surface area contributed by atoms with Gasteiger partial charge in [0.05, 0.1) is 5.57 Å². The molecule has 3 rings (SSSR count). The smallest absolute Gasteiger partial charge is 0.167 e. The molecule has 1 aliphatic carbocycles. The summed E-state index contributed by atoms with van der Waals surface area (Å²) in [6, 6.07) is 12.9. The highest BCUT2D eigenvalue weighted by atomic mass is 32.2. The molecule has 0 saturated carbocycles. The number of aliphatic hydroxyl groups excluding tert-OH is 1. The maximum absolute atomic E-state index is 13.2.